The second-order valence-electron chi connectivity index (χ2n) is 4.72. The zero-order valence-corrected chi connectivity index (χ0v) is 13.2. The van der Waals surface area contributed by atoms with Crippen LogP contribution in [0.4, 0.5) is 5.13 Å². The number of hydrogen-bond acceptors (Lipinski definition) is 4. The SMILES string of the molecule is CC(=O)Nc1nc(-c2ccc(Cl)cc2)c(CN(C)C)s1. The van der Waals surface area contributed by atoms with Gasteiger partial charge in [-0.1, -0.05) is 35.1 Å². The van der Waals surface area contributed by atoms with Gasteiger partial charge in [-0.05, 0) is 26.2 Å². The summed E-state index contributed by atoms with van der Waals surface area (Å²) in [5.41, 5.74) is 1.89. The number of halogens is 1. The first kappa shape index (κ1) is 15.0. The van der Waals surface area contributed by atoms with E-state index in [2.05, 4.69) is 15.2 Å². The van der Waals surface area contributed by atoms with Gasteiger partial charge in [-0.2, -0.15) is 0 Å². The van der Waals surface area contributed by atoms with E-state index in [4.69, 9.17) is 11.6 Å². The molecule has 0 bridgehead atoms. The maximum Gasteiger partial charge on any atom is 0.223 e. The topological polar surface area (TPSA) is 45.2 Å². The molecule has 106 valence electrons. The molecule has 0 unspecified atom stereocenters. The summed E-state index contributed by atoms with van der Waals surface area (Å²) in [7, 11) is 4.01. The van der Waals surface area contributed by atoms with Gasteiger partial charge >= 0.3 is 0 Å². The van der Waals surface area contributed by atoms with E-state index in [1.165, 1.54) is 18.3 Å². The molecular formula is C14H16ClN3OS. The first-order valence-electron chi connectivity index (χ1n) is 6.13. The lowest BCUT2D eigenvalue weighted by atomic mass is 10.1. The molecule has 0 aliphatic rings. The molecule has 0 saturated heterocycles. The van der Waals surface area contributed by atoms with Crippen molar-refractivity contribution in [1.82, 2.24) is 9.88 Å². The van der Waals surface area contributed by atoms with Crippen molar-refractivity contribution in [1.29, 1.82) is 0 Å². The van der Waals surface area contributed by atoms with Gasteiger partial charge in [0.2, 0.25) is 5.91 Å². The first-order valence-corrected chi connectivity index (χ1v) is 7.33. The van der Waals surface area contributed by atoms with E-state index in [1.54, 1.807) is 0 Å². The van der Waals surface area contributed by atoms with Crippen molar-refractivity contribution >= 4 is 34.0 Å². The van der Waals surface area contributed by atoms with Gasteiger partial charge < -0.3 is 10.2 Å². The minimum atomic E-state index is -0.113. The number of aromatic nitrogens is 1. The summed E-state index contributed by atoms with van der Waals surface area (Å²) >= 11 is 7.41. The fourth-order valence-electron chi connectivity index (χ4n) is 1.78. The maximum absolute atomic E-state index is 11.2. The molecule has 20 heavy (non-hydrogen) atoms. The van der Waals surface area contributed by atoms with Crippen molar-refractivity contribution in [3.8, 4) is 11.3 Å². The Kier molecular flexibility index (Phi) is 4.75. The number of hydrogen-bond donors (Lipinski definition) is 1. The van der Waals surface area contributed by atoms with Crippen molar-refractivity contribution in [2.75, 3.05) is 19.4 Å². The lowest BCUT2D eigenvalue weighted by molar-refractivity contribution is -0.114. The van der Waals surface area contributed by atoms with Crippen LogP contribution < -0.4 is 5.32 Å². The van der Waals surface area contributed by atoms with Crippen LogP contribution >= 0.6 is 22.9 Å². The lowest BCUT2D eigenvalue weighted by Crippen LogP contribution is -2.10. The third kappa shape index (κ3) is 3.79. The van der Waals surface area contributed by atoms with Gasteiger partial charge in [0.05, 0.1) is 5.69 Å². The van der Waals surface area contributed by atoms with Crippen LogP contribution in [0.1, 0.15) is 11.8 Å². The van der Waals surface area contributed by atoms with E-state index in [0.29, 0.717) is 10.2 Å². The number of rotatable bonds is 4. The molecule has 4 nitrogen and oxygen atoms in total. The normalized spacial score (nSPS) is 10.8. The molecule has 0 spiro atoms. The van der Waals surface area contributed by atoms with Gasteiger partial charge in [0, 0.05) is 28.9 Å². The number of anilines is 1. The highest BCUT2D eigenvalue weighted by atomic mass is 35.5. The summed E-state index contributed by atoms with van der Waals surface area (Å²) in [6.45, 7) is 2.25. The number of nitrogens with zero attached hydrogens (tertiary/aromatic N) is 2. The quantitative estimate of drug-likeness (QED) is 0.940. The van der Waals surface area contributed by atoms with E-state index in [9.17, 15) is 4.79 Å². The summed E-state index contributed by atoms with van der Waals surface area (Å²) in [4.78, 5) is 18.9. The third-order valence-corrected chi connectivity index (χ3v) is 3.77. The highest BCUT2D eigenvalue weighted by molar-refractivity contribution is 7.16. The van der Waals surface area contributed by atoms with E-state index >= 15 is 0 Å². The van der Waals surface area contributed by atoms with Crippen LogP contribution in [0.5, 0.6) is 0 Å². The fraction of sp³-hybridized carbons (Fsp3) is 0.286. The Labute approximate surface area is 127 Å². The lowest BCUT2D eigenvalue weighted by Gasteiger charge is -2.08. The van der Waals surface area contributed by atoms with E-state index in [1.807, 2.05) is 38.4 Å². The predicted octanol–water partition coefficient (Wildman–Crippen LogP) is 3.48. The van der Waals surface area contributed by atoms with Crippen LogP contribution in [0.15, 0.2) is 24.3 Å². The Balaban J connectivity index is 2.40. The van der Waals surface area contributed by atoms with Gasteiger partial charge in [-0.15, -0.1) is 0 Å². The smallest absolute Gasteiger partial charge is 0.223 e. The Morgan fingerprint density at radius 1 is 1.35 bits per heavy atom. The zero-order chi connectivity index (χ0) is 14.7. The van der Waals surface area contributed by atoms with Crippen molar-refractivity contribution in [2.24, 2.45) is 0 Å². The minimum Gasteiger partial charge on any atom is -0.304 e. The molecule has 0 aliphatic carbocycles. The molecule has 1 amide bonds. The standard InChI is InChI=1S/C14H16ClN3OS/c1-9(19)16-14-17-13(12(20-14)8-18(2)3)10-4-6-11(15)7-5-10/h4-7H,8H2,1-3H3,(H,16,17,19). The monoisotopic (exact) mass is 309 g/mol. The molecule has 6 heteroatoms. The molecule has 1 heterocycles. The number of nitrogens with one attached hydrogen (secondary N) is 1. The van der Waals surface area contributed by atoms with Crippen LogP contribution in [0.25, 0.3) is 11.3 Å². The third-order valence-electron chi connectivity index (χ3n) is 2.56. The van der Waals surface area contributed by atoms with Crippen molar-refractivity contribution in [3.63, 3.8) is 0 Å². The summed E-state index contributed by atoms with van der Waals surface area (Å²) in [6.07, 6.45) is 0. The number of thiazole rings is 1. The Hall–Kier alpha value is -1.43. The molecular weight excluding hydrogens is 294 g/mol. The van der Waals surface area contributed by atoms with Crippen molar-refractivity contribution in [2.45, 2.75) is 13.5 Å². The van der Waals surface area contributed by atoms with Crippen LogP contribution in [0.3, 0.4) is 0 Å². The highest BCUT2D eigenvalue weighted by Gasteiger charge is 2.14. The molecule has 2 aromatic rings. The minimum absolute atomic E-state index is 0.113. The Morgan fingerprint density at radius 3 is 2.55 bits per heavy atom. The zero-order valence-electron chi connectivity index (χ0n) is 11.6. The average molecular weight is 310 g/mol. The van der Waals surface area contributed by atoms with E-state index in [-0.39, 0.29) is 5.91 Å². The second kappa shape index (κ2) is 6.35. The van der Waals surface area contributed by atoms with Gasteiger partial charge in [0.1, 0.15) is 0 Å². The van der Waals surface area contributed by atoms with E-state index < -0.39 is 0 Å². The number of amides is 1. The molecule has 0 fully saturated rings. The molecule has 1 N–H and O–H groups in total. The summed E-state index contributed by atoms with van der Waals surface area (Å²) in [5, 5.41) is 4.06. The molecule has 0 aliphatic heterocycles. The molecule has 0 saturated carbocycles. The fourth-order valence-corrected chi connectivity index (χ4v) is 3.06. The van der Waals surface area contributed by atoms with Crippen LogP contribution in [0, 0.1) is 0 Å². The predicted molar refractivity (Wildman–Crippen MR) is 84.3 cm³/mol. The first-order chi connectivity index (χ1) is 9.45. The Bertz CT molecular complexity index is 607. The maximum atomic E-state index is 11.2. The molecule has 2 rings (SSSR count). The Morgan fingerprint density at radius 2 is 2.00 bits per heavy atom. The van der Waals surface area contributed by atoms with Gasteiger partial charge in [0.15, 0.2) is 5.13 Å². The summed E-state index contributed by atoms with van der Waals surface area (Å²) < 4.78 is 0. The van der Waals surface area contributed by atoms with Crippen LogP contribution in [0.2, 0.25) is 5.02 Å². The summed E-state index contributed by atoms with van der Waals surface area (Å²) in [5.74, 6) is -0.113. The second-order valence-corrected chi connectivity index (χ2v) is 6.24. The van der Waals surface area contributed by atoms with Crippen LogP contribution in [-0.2, 0) is 11.3 Å². The van der Waals surface area contributed by atoms with E-state index in [0.717, 1.165) is 22.7 Å². The summed E-state index contributed by atoms with van der Waals surface area (Å²) in [6, 6.07) is 7.56. The molecule has 0 radical (unpaired) electrons. The number of carbonyl (C=O) groups is 1. The number of carbonyl (C=O) groups excluding carboxylic acids is 1. The largest absolute Gasteiger partial charge is 0.304 e. The molecule has 1 aromatic heterocycles. The average Bonchev–Trinajstić information content (AvgIpc) is 2.71. The van der Waals surface area contributed by atoms with Crippen LogP contribution in [-0.4, -0.2) is 29.9 Å². The number of benzene rings is 1. The molecule has 1 aromatic carbocycles. The van der Waals surface area contributed by atoms with Gasteiger partial charge in [-0.25, -0.2) is 4.98 Å². The van der Waals surface area contributed by atoms with Gasteiger partial charge in [0.25, 0.3) is 0 Å². The van der Waals surface area contributed by atoms with Crippen molar-refractivity contribution < 1.29 is 4.79 Å². The molecule has 0 atom stereocenters. The van der Waals surface area contributed by atoms with Gasteiger partial charge in [-0.3, -0.25) is 4.79 Å². The highest BCUT2D eigenvalue weighted by Crippen LogP contribution is 2.32. The van der Waals surface area contributed by atoms with Crippen molar-refractivity contribution in [3.05, 3.63) is 34.2 Å².